The molecule has 0 amide bonds. The lowest BCUT2D eigenvalue weighted by Gasteiger charge is -2.06. The highest BCUT2D eigenvalue weighted by molar-refractivity contribution is 6.30. The molecule has 0 atom stereocenters. The Hall–Kier alpha value is -1.46. The van der Waals surface area contributed by atoms with Crippen molar-refractivity contribution in [3.63, 3.8) is 0 Å². The van der Waals surface area contributed by atoms with Crippen LogP contribution in [0.5, 0.6) is 0 Å². The molecule has 6 heteroatoms. The standard InChI is InChI=1S/C13H15ClN4O/c14-13-10(8-19)12(9-3-1-2-4-9)17-18(13)11-7-15-5-6-16-11/h5-7,9,19H,1-4,8H2. The summed E-state index contributed by atoms with van der Waals surface area (Å²) in [6.07, 6.45) is 9.46. The first-order valence-electron chi connectivity index (χ1n) is 6.45. The van der Waals surface area contributed by atoms with E-state index in [9.17, 15) is 5.11 Å². The van der Waals surface area contributed by atoms with Crippen LogP contribution in [0.2, 0.25) is 5.15 Å². The minimum atomic E-state index is -0.0923. The molecule has 0 radical (unpaired) electrons. The fourth-order valence-electron chi connectivity index (χ4n) is 2.67. The third-order valence-electron chi connectivity index (χ3n) is 3.62. The number of rotatable bonds is 3. The number of nitrogens with zero attached hydrogens (tertiary/aromatic N) is 4. The molecule has 1 aliphatic carbocycles. The van der Waals surface area contributed by atoms with Gasteiger partial charge in [0, 0.05) is 23.9 Å². The minimum absolute atomic E-state index is 0.0923. The maximum atomic E-state index is 9.55. The molecule has 2 aromatic heterocycles. The van der Waals surface area contributed by atoms with Gasteiger partial charge in [0.2, 0.25) is 0 Å². The van der Waals surface area contributed by atoms with Crippen LogP contribution in [0.4, 0.5) is 0 Å². The Balaban J connectivity index is 2.07. The van der Waals surface area contributed by atoms with Gasteiger partial charge in [0.25, 0.3) is 0 Å². The summed E-state index contributed by atoms with van der Waals surface area (Å²) in [6.45, 7) is -0.0923. The van der Waals surface area contributed by atoms with Gasteiger partial charge >= 0.3 is 0 Å². The summed E-state index contributed by atoms with van der Waals surface area (Å²) in [6, 6.07) is 0. The summed E-state index contributed by atoms with van der Waals surface area (Å²) >= 11 is 6.32. The van der Waals surface area contributed by atoms with E-state index in [1.54, 1.807) is 23.3 Å². The zero-order valence-electron chi connectivity index (χ0n) is 10.5. The SMILES string of the molecule is OCc1c(C2CCCC2)nn(-c2cnccn2)c1Cl. The van der Waals surface area contributed by atoms with Crippen molar-refractivity contribution in [3.05, 3.63) is 35.0 Å². The third-order valence-corrected chi connectivity index (χ3v) is 4.01. The van der Waals surface area contributed by atoms with Gasteiger partial charge in [0.1, 0.15) is 5.15 Å². The van der Waals surface area contributed by atoms with Gasteiger partial charge < -0.3 is 5.11 Å². The highest BCUT2D eigenvalue weighted by Crippen LogP contribution is 2.37. The van der Waals surface area contributed by atoms with Crippen LogP contribution in [0.15, 0.2) is 18.6 Å². The molecule has 0 bridgehead atoms. The zero-order valence-corrected chi connectivity index (χ0v) is 11.2. The minimum Gasteiger partial charge on any atom is -0.391 e. The fourth-order valence-corrected chi connectivity index (χ4v) is 2.95. The molecule has 0 unspecified atom stereocenters. The molecule has 100 valence electrons. The molecule has 1 saturated carbocycles. The average molecular weight is 279 g/mol. The largest absolute Gasteiger partial charge is 0.391 e. The van der Waals surface area contributed by atoms with Crippen LogP contribution in [0.25, 0.3) is 5.82 Å². The van der Waals surface area contributed by atoms with Gasteiger partial charge in [0.05, 0.1) is 18.5 Å². The lowest BCUT2D eigenvalue weighted by molar-refractivity contribution is 0.280. The molecule has 0 spiro atoms. The smallest absolute Gasteiger partial charge is 0.173 e. The van der Waals surface area contributed by atoms with Crippen LogP contribution < -0.4 is 0 Å². The van der Waals surface area contributed by atoms with Crippen molar-refractivity contribution < 1.29 is 5.11 Å². The molecular weight excluding hydrogens is 264 g/mol. The number of aromatic nitrogens is 4. The Morgan fingerprint density at radius 3 is 2.74 bits per heavy atom. The molecule has 19 heavy (non-hydrogen) atoms. The van der Waals surface area contributed by atoms with Gasteiger partial charge in [-0.15, -0.1) is 0 Å². The summed E-state index contributed by atoms with van der Waals surface area (Å²) in [5, 5.41) is 14.5. The van der Waals surface area contributed by atoms with Crippen LogP contribution >= 0.6 is 11.6 Å². The summed E-state index contributed by atoms with van der Waals surface area (Å²) in [4.78, 5) is 8.22. The van der Waals surface area contributed by atoms with Crippen molar-refractivity contribution in [2.45, 2.75) is 38.2 Å². The van der Waals surface area contributed by atoms with Gasteiger partial charge in [-0.1, -0.05) is 24.4 Å². The van der Waals surface area contributed by atoms with Gasteiger partial charge in [0.15, 0.2) is 5.82 Å². The summed E-state index contributed by atoms with van der Waals surface area (Å²) in [7, 11) is 0. The Kier molecular flexibility index (Phi) is 3.48. The quantitative estimate of drug-likeness (QED) is 0.937. The van der Waals surface area contributed by atoms with Crippen molar-refractivity contribution in [1.82, 2.24) is 19.7 Å². The predicted octanol–water partition coefficient (Wildman–Crippen LogP) is 2.47. The Labute approximate surface area is 116 Å². The Bertz CT molecular complexity index is 564. The molecular formula is C13H15ClN4O. The third kappa shape index (κ3) is 2.24. The van der Waals surface area contributed by atoms with Crippen molar-refractivity contribution >= 4 is 11.6 Å². The molecule has 2 heterocycles. The second kappa shape index (κ2) is 5.27. The Morgan fingerprint density at radius 2 is 2.11 bits per heavy atom. The fraction of sp³-hybridized carbons (Fsp3) is 0.462. The highest BCUT2D eigenvalue weighted by Gasteiger charge is 2.26. The second-order valence-corrected chi connectivity index (χ2v) is 5.13. The van der Waals surface area contributed by atoms with Crippen molar-refractivity contribution in [2.24, 2.45) is 0 Å². The topological polar surface area (TPSA) is 63.8 Å². The lowest BCUT2D eigenvalue weighted by atomic mass is 10.0. The van der Waals surface area contributed by atoms with E-state index in [1.807, 2.05) is 0 Å². The van der Waals surface area contributed by atoms with Gasteiger partial charge in [-0.25, -0.2) is 9.67 Å². The first kappa shape index (κ1) is 12.6. The number of aliphatic hydroxyl groups is 1. The van der Waals surface area contributed by atoms with Crippen LogP contribution in [-0.4, -0.2) is 24.9 Å². The molecule has 0 aromatic carbocycles. The summed E-state index contributed by atoms with van der Waals surface area (Å²) in [5.41, 5.74) is 1.63. The molecule has 2 aromatic rings. The first-order valence-corrected chi connectivity index (χ1v) is 6.83. The monoisotopic (exact) mass is 278 g/mol. The maximum absolute atomic E-state index is 9.55. The van der Waals surface area contributed by atoms with Crippen LogP contribution in [-0.2, 0) is 6.61 Å². The van der Waals surface area contributed by atoms with E-state index in [1.165, 1.54) is 12.8 Å². The molecule has 0 aliphatic heterocycles. The summed E-state index contributed by atoms with van der Waals surface area (Å²) in [5.74, 6) is 0.976. The highest BCUT2D eigenvalue weighted by atomic mass is 35.5. The zero-order chi connectivity index (χ0) is 13.2. The van der Waals surface area contributed by atoms with E-state index in [-0.39, 0.29) is 6.61 Å². The van der Waals surface area contributed by atoms with Gasteiger partial charge in [-0.3, -0.25) is 4.98 Å². The molecule has 1 fully saturated rings. The van der Waals surface area contributed by atoms with Crippen LogP contribution in [0.1, 0.15) is 42.9 Å². The molecule has 1 aliphatic rings. The summed E-state index contributed by atoms with van der Waals surface area (Å²) < 4.78 is 1.56. The van der Waals surface area contributed by atoms with E-state index in [2.05, 4.69) is 15.1 Å². The van der Waals surface area contributed by atoms with E-state index < -0.39 is 0 Å². The van der Waals surface area contributed by atoms with Crippen molar-refractivity contribution in [3.8, 4) is 5.82 Å². The van der Waals surface area contributed by atoms with E-state index in [0.29, 0.717) is 16.9 Å². The number of hydrogen-bond donors (Lipinski definition) is 1. The first-order chi connectivity index (χ1) is 9.31. The molecule has 0 saturated heterocycles. The average Bonchev–Trinajstić information content (AvgIpc) is 3.07. The van der Waals surface area contributed by atoms with Crippen LogP contribution in [0, 0.1) is 0 Å². The van der Waals surface area contributed by atoms with Crippen molar-refractivity contribution in [1.29, 1.82) is 0 Å². The predicted molar refractivity (Wildman–Crippen MR) is 71.3 cm³/mol. The number of halogens is 1. The molecule has 1 N–H and O–H groups in total. The number of hydrogen-bond acceptors (Lipinski definition) is 4. The van der Waals surface area contributed by atoms with Crippen LogP contribution in [0.3, 0.4) is 0 Å². The van der Waals surface area contributed by atoms with Gasteiger partial charge in [-0.2, -0.15) is 5.10 Å². The molecule has 3 rings (SSSR count). The lowest BCUT2D eigenvalue weighted by Crippen LogP contribution is -2.02. The maximum Gasteiger partial charge on any atom is 0.173 e. The van der Waals surface area contributed by atoms with E-state index in [4.69, 9.17) is 11.6 Å². The molecule has 5 nitrogen and oxygen atoms in total. The van der Waals surface area contributed by atoms with Crippen molar-refractivity contribution in [2.75, 3.05) is 0 Å². The van der Waals surface area contributed by atoms with E-state index >= 15 is 0 Å². The van der Waals surface area contributed by atoms with E-state index in [0.717, 1.165) is 24.1 Å². The Morgan fingerprint density at radius 1 is 1.32 bits per heavy atom. The second-order valence-electron chi connectivity index (χ2n) is 4.77. The number of aliphatic hydroxyl groups excluding tert-OH is 1. The normalized spacial score (nSPS) is 16.1. The van der Waals surface area contributed by atoms with Gasteiger partial charge in [-0.05, 0) is 12.8 Å².